The summed E-state index contributed by atoms with van der Waals surface area (Å²) in [6.45, 7) is 7.93. The van der Waals surface area contributed by atoms with Gasteiger partial charge in [-0.15, -0.1) is 0 Å². The number of nitrogens with one attached hydrogen (secondary N) is 1. The molecule has 0 amide bonds. The molecule has 0 aliphatic carbocycles. The Hall–Kier alpha value is -1.56. The summed E-state index contributed by atoms with van der Waals surface area (Å²) in [6, 6.07) is 8.30. The second kappa shape index (κ2) is 10.3. The van der Waals surface area contributed by atoms with Gasteiger partial charge in [0.15, 0.2) is 5.96 Å². The quantitative estimate of drug-likeness (QED) is 0.465. The standard InChI is InChI=1S/C18H30N4OS/c1-4-19-18(20-9-6-14-24-3)22-12-10-21(11-13-22)16-7-5-8-17(15-16)23-2/h5,7-8,15H,4,6,9-14H2,1-3H3,(H,19,20). The minimum Gasteiger partial charge on any atom is -0.497 e. The van der Waals surface area contributed by atoms with Crippen LogP contribution in [0.15, 0.2) is 29.3 Å². The molecular formula is C18H30N4OS. The van der Waals surface area contributed by atoms with E-state index in [0.717, 1.165) is 57.4 Å². The number of aliphatic imine (C=N–C) groups is 1. The van der Waals surface area contributed by atoms with Gasteiger partial charge in [-0.25, -0.2) is 0 Å². The molecule has 1 aromatic rings. The van der Waals surface area contributed by atoms with Crippen LogP contribution in [0.3, 0.4) is 0 Å². The minimum atomic E-state index is 0.902. The van der Waals surface area contributed by atoms with Crippen molar-refractivity contribution < 1.29 is 4.74 Å². The van der Waals surface area contributed by atoms with E-state index >= 15 is 0 Å². The fourth-order valence-electron chi connectivity index (χ4n) is 2.80. The summed E-state index contributed by atoms with van der Waals surface area (Å²) < 4.78 is 5.33. The minimum absolute atomic E-state index is 0.902. The Balaban J connectivity index is 1.91. The molecule has 1 aromatic carbocycles. The maximum Gasteiger partial charge on any atom is 0.194 e. The molecule has 134 valence electrons. The number of benzene rings is 1. The molecule has 0 spiro atoms. The number of guanidine groups is 1. The number of anilines is 1. The van der Waals surface area contributed by atoms with Crippen molar-refractivity contribution in [2.45, 2.75) is 13.3 Å². The second-order valence-electron chi connectivity index (χ2n) is 5.76. The first kappa shape index (κ1) is 18.8. The number of hydrogen-bond donors (Lipinski definition) is 1. The molecule has 1 aliphatic heterocycles. The van der Waals surface area contributed by atoms with Crippen LogP contribution >= 0.6 is 11.8 Å². The molecule has 0 aromatic heterocycles. The third-order valence-corrected chi connectivity index (χ3v) is 4.80. The topological polar surface area (TPSA) is 40.1 Å². The molecular weight excluding hydrogens is 320 g/mol. The molecule has 0 radical (unpaired) electrons. The van der Waals surface area contributed by atoms with E-state index in [1.807, 2.05) is 17.8 Å². The summed E-state index contributed by atoms with van der Waals surface area (Å²) in [6.07, 6.45) is 3.28. The summed E-state index contributed by atoms with van der Waals surface area (Å²) in [7, 11) is 1.72. The van der Waals surface area contributed by atoms with Gasteiger partial charge in [-0.3, -0.25) is 4.99 Å². The van der Waals surface area contributed by atoms with Crippen LogP contribution in [0.1, 0.15) is 13.3 Å². The SMILES string of the molecule is CCNC(=NCCCSC)N1CCN(c2cccc(OC)c2)CC1. The van der Waals surface area contributed by atoms with Crippen molar-refractivity contribution in [3.8, 4) is 5.75 Å². The molecule has 0 bridgehead atoms. The molecule has 6 heteroatoms. The lowest BCUT2D eigenvalue weighted by Gasteiger charge is -2.37. The number of piperazine rings is 1. The first-order valence-electron chi connectivity index (χ1n) is 8.69. The highest BCUT2D eigenvalue weighted by Gasteiger charge is 2.19. The van der Waals surface area contributed by atoms with Gasteiger partial charge in [0.25, 0.3) is 0 Å². The average Bonchev–Trinajstić information content (AvgIpc) is 2.64. The summed E-state index contributed by atoms with van der Waals surface area (Å²) in [5.41, 5.74) is 1.23. The fraction of sp³-hybridized carbons (Fsp3) is 0.611. The van der Waals surface area contributed by atoms with Gasteiger partial charge < -0.3 is 19.9 Å². The maximum absolute atomic E-state index is 5.33. The lowest BCUT2D eigenvalue weighted by atomic mass is 10.2. The van der Waals surface area contributed by atoms with Crippen molar-refractivity contribution >= 4 is 23.4 Å². The Labute approximate surface area is 150 Å². The van der Waals surface area contributed by atoms with Crippen LogP contribution in [0.2, 0.25) is 0 Å². The Morgan fingerprint density at radius 1 is 1.29 bits per heavy atom. The molecule has 0 unspecified atom stereocenters. The van der Waals surface area contributed by atoms with E-state index in [9.17, 15) is 0 Å². The summed E-state index contributed by atoms with van der Waals surface area (Å²) in [5.74, 6) is 3.15. The third kappa shape index (κ3) is 5.51. The zero-order valence-corrected chi connectivity index (χ0v) is 15.9. The van der Waals surface area contributed by atoms with Crippen molar-refractivity contribution in [2.75, 3.05) is 63.3 Å². The lowest BCUT2D eigenvalue weighted by Crippen LogP contribution is -2.52. The van der Waals surface area contributed by atoms with Crippen molar-refractivity contribution in [3.63, 3.8) is 0 Å². The van der Waals surface area contributed by atoms with E-state index in [-0.39, 0.29) is 0 Å². The van der Waals surface area contributed by atoms with Crippen molar-refractivity contribution in [1.82, 2.24) is 10.2 Å². The number of thioether (sulfide) groups is 1. The molecule has 0 saturated carbocycles. The van der Waals surface area contributed by atoms with Crippen molar-refractivity contribution in [3.05, 3.63) is 24.3 Å². The van der Waals surface area contributed by atoms with Gasteiger partial charge in [0, 0.05) is 51.0 Å². The predicted octanol–water partition coefficient (Wildman–Crippen LogP) is 2.54. The predicted molar refractivity (Wildman–Crippen MR) is 106 cm³/mol. The Morgan fingerprint density at radius 2 is 2.08 bits per heavy atom. The van der Waals surface area contributed by atoms with E-state index in [1.165, 1.54) is 11.4 Å². The zero-order valence-electron chi connectivity index (χ0n) is 15.1. The van der Waals surface area contributed by atoms with E-state index in [4.69, 9.17) is 9.73 Å². The Kier molecular flexibility index (Phi) is 8.08. The molecule has 1 aliphatic rings. The number of ether oxygens (including phenoxy) is 1. The van der Waals surface area contributed by atoms with Crippen molar-refractivity contribution in [1.29, 1.82) is 0 Å². The van der Waals surface area contributed by atoms with Gasteiger partial charge in [-0.05, 0) is 37.5 Å². The highest BCUT2D eigenvalue weighted by atomic mass is 32.2. The number of methoxy groups -OCH3 is 1. The zero-order chi connectivity index (χ0) is 17.2. The van der Waals surface area contributed by atoms with Gasteiger partial charge in [0.05, 0.1) is 7.11 Å². The maximum atomic E-state index is 5.33. The number of rotatable bonds is 7. The lowest BCUT2D eigenvalue weighted by molar-refractivity contribution is 0.372. The molecule has 1 saturated heterocycles. The van der Waals surface area contributed by atoms with Gasteiger partial charge >= 0.3 is 0 Å². The summed E-state index contributed by atoms with van der Waals surface area (Å²) in [5, 5.41) is 3.43. The van der Waals surface area contributed by atoms with Gasteiger partial charge in [-0.2, -0.15) is 11.8 Å². The summed E-state index contributed by atoms with van der Waals surface area (Å²) >= 11 is 1.88. The van der Waals surface area contributed by atoms with E-state index < -0.39 is 0 Å². The van der Waals surface area contributed by atoms with Crippen LogP contribution in [0.4, 0.5) is 5.69 Å². The average molecular weight is 351 g/mol. The fourth-order valence-corrected chi connectivity index (χ4v) is 3.22. The molecule has 24 heavy (non-hydrogen) atoms. The first-order chi connectivity index (χ1) is 11.8. The first-order valence-corrected chi connectivity index (χ1v) is 10.1. The monoisotopic (exact) mass is 350 g/mol. The normalized spacial score (nSPS) is 15.5. The number of hydrogen-bond acceptors (Lipinski definition) is 4. The second-order valence-corrected chi connectivity index (χ2v) is 6.74. The van der Waals surface area contributed by atoms with Gasteiger partial charge in [0.2, 0.25) is 0 Å². The van der Waals surface area contributed by atoms with Crippen LogP contribution in [0.25, 0.3) is 0 Å². The van der Waals surface area contributed by atoms with Crippen LogP contribution in [-0.4, -0.2) is 69.2 Å². The number of nitrogens with zero attached hydrogens (tertiary/aromatic N) is 3. The molecule has 1 N–H and O–H groups in total. The van der Waals surface area contributed by atoms with Gasteiger partial charge in [0.1, 0.15) is 5.75 Å². The Bertz CT molecular complexity index is 515. The highest BCUT2D eigenvalue weighted by Crippen LogP contribution is 2.22. The van der Waals surface area contributed by atoms with Gasteiger partial charge in [-0.1, -0.05) is 6.07 Å². The van der Waals surface area contributed by atoms with Crippen LogP contribution in [0, 0.1) is 0 Å². The third-order valence-electron chi connectivity index (χ3n) is 4.10. The van der Waals surface area contributed by atoms with E-state index in [1.54, 1.807) is 7.11 Å². The Morgan fingerprint density at radius 3 is 2.75 bits per heavy atom. The molecule has 2 rings (SSSR count). The van der Waals surface area contributed by atoms with E-state index in [2.05, 4.69) is 46.5 Å². The summed E-state index contributed by atoms with van der Waals surface area (Å²) in [4.78, 5) is 9.57. The molecule has 1 fully saturated rings. The van der Waals surface area contributed by atoms with Crippen LogP contribution in [0.5, 0.6) is 5.75 Å². The van der Waals surface area contributed by atoms with E-state index in [0.29, 0.717) is 0 Å². The highest BCUT2D eigenvalue weighted by molar-refractivity contribution is 7.98. The van der Waals surface area contributed by atoms with Crippen molar-refractivity contribution in [2.24, 2.45) is 4.99 Å². The van der Waals surface area contributed by atoms with Crippen LogP contribution in [-0.2, 0) is 0 Å². The largest absolute Gasteiger partial charge is 0.497 e. The van der Waals surface area contributed by atoms with Crippen LogP contribution < -0.4 is 15.0 Å². The smallest absolute Gasteiger partial charge is 0.194 e. The molecule has 0 atom stereocenters. The molecule has 5 nitrogen and oxygen atoms in total. The molecule has 1 heterocycles.